The maximum atomic E-state index is 10.5. The van der Waals surface area contributed by atoms with Gasteiger partial charge in [-0.3, -0.25) is 5.32 Å². The molecule has 0 radical (unpaired) electrons. The summed E-state index contributed by atoms with van der Waals surface area (Å²) in [7, 11) is 0. The maximum absolute atomic E-state index is 10.5. The van der Waals surface area contributed by atoms with E-state index < -0.39 is 6.23 Å². The van der Waals surface area contributed by atoms with Crippen LogP contribution in [0.2, 0.25) is 15.1 Å². The van der Waals surface area contributed by atoms with Gasteiger partial charge in [0.25, 0.3) is 0 Å². The second kappa shape index (κ2) is 8.61. The normalized spacial score (nSPS) is 12.4. The number of nitrogens with one attached hydrogen (secondary N) is 1. The average Bonchev–Trinajstić information content (AvgIpc) is 2.97. The number of hydrogen-bond acceptors (Lipinski definition) is 4. The summed E-state index contributed by atoms with van der Waals surface area (Å²) in [4.78, 5) is 0. The van der Waals surface area contributed by atoms with Gasteiger partial charge in [-0.25, -0.2) is 4.68 Å². The van der Waals surface area contributed by atoms with Gasteiger partial charge in [-0.2, -0.15) is 5.10 Å². The molecule has 142 valence electrons. The number of nitrogens with zero attached hydrogens (tertiary/aromatic N) is 2. The molecular formula is C19H19Cl3N4O. The van der Waals surface area contributed by atoms with Crippen LogP contribution >= 0.6 is 34.8 Å². The highest BCUT2D eigenvalue weighted by Crippen LogP contribution is 2.34. The Morgan fingerprint density at radius 3 is 2.41 bits per heavy atom. The zero-order chi connectivity index (χ0) is 19.6. The molecule has 1 atom stereocenters. The molecule has 0 amide bonds. The molecule has 0 aliphatic carbocycles. The van der Waals surface area contributed by atoms with Gasteiger partial charge in [0, 0.05) is 34.3 Å². The lowest BCUT2D eigenvalue weighted by Crippen LogP contribution is -2.27. The van der Waals surface area contributed by atoms with Gasteiger partial charge in [0.1, 0.15) is 11.9 Å². The Labute approximate surface area is 172 Å². The molecule has 8 heteroatoms. The largest absolute Gasteiger partial charge is 0.373 e. The Morgan fingerprint density at radius 1 is 1.11 bits per heavy atom. The Hall–Kier alpha value is -1.60. The number of aromatic nitrogens is 2. The quantitative estimate of drug-likeness (QED) is 0.513. The molecule has 0 saturated carbocycles. The molecule has 4 N–H and O–H groups in total. The Morgan fingerprint density at radius 2 is 1.78 bits per heavy atom. The minimum atomic E-state index is -0.952. The number of hydrogen-bond donors (Lipinski definition) is 3. The average molecular weight is 426 g/mol. The molecule has 0 bridgehead atoms. The zero-order valence-corrected chi connectivity index (χ0v) is 16.9. The van der Waals surface area contributed by atoms with E-state index in [9.17, 15) is 5.11 Å². The Balaban J connectivity index is 2.19. The van der Waals surface area contributed by atoms with Crippen LogP contribution < -0.4 is 11.1 Å². The minimum absolute atomic E-state index is 0.407. The summed E-state index contributed by atoms with van der Waals surface area (Å²) in [5, 5.41) is 19.7. The number of benzene rings is 2. The van der Waals surface area contributed by atoms with Crippen LogP contribution in [0.25, 0.3) is 16.9 Å². The van der Waals surface area contributed by atoms with Crippen molar-refractivity contribution in [1.82, 2.24) is 15.1 Å². The first-order valence-electron chi connectivity index (χ1n) is 8.34. The van der Waals surface area contributed by atoms with Gasteiger partial charge in [0.15, 0.2) is 0 Å². The first kappa shape index (κ1) is 20.1. The van der Waals surface area contributed by atoms with Crippen molar-refractivity contribution in [3.8, 4) is 16.9 Å². The molecule has 1 unspecified atom stereocenters. The monoisotopic (exact) mass is 424 g/mol. The first-order chi connectivity index (χ1) is 12.9. The third-order valence-electron chi connectivity index (χ3n) is 4.16. The van der Waals surface area contributed by atoms with Crippen molar-refractivity contribution in [2.24, 2.45) is 5.73 Å². The van der Waals surface area contributed by atoms with Crippen molar-refractivity contribution in [1.29, 1.82) is 0 Å². The van der Waals surface area contributed by atoms with Gasteiger partial charge >= 0.3 is 0 Å². The molecule has 5 nitrogen and oxygen atoms in total. The van der Waals surface area contributed by atoms with Crippen molar-refractivity contribution in [3.05, 3.63) is 68.8 Å². The van der Waals surface area contributed by atoms with E-state index >= 15 is 0 Å². The van der Waals surface area contributed by atoms with Crippen LogP contribution in [0.3, 0.4) is 0 Å². The van der Waals surface area contributed by atoms with E-state index in [1.165, 1.54) is 0 Å². The first-order valence-corrected chi connectivity index (χ1v) is 9.48. The highest BCUT2D eigenvalue weighted by molar-refractivity contribution is 6.35. The highest BCUT2D eigenvalue weighted by Gasteiger charge is 2.23. The van der Waals surface area contributed by atoms with Crippen LogP contribution in [0, 0.1) is 6.92 Å². The Kier molecular flexibility index (Phi) is 6.42. The molecule has 0 aliphatic rings. The number of aliphatic hydroxyl groups excluding tert-OH is 1. The van der Waals surface area contributed by atoms with Crippen molar-refractivity contribution in [2.45, 2.75) is 13.2 Å². The fraction of sp³-hybridized carbons (Fsp3) is 0.211. The second-order valence-corrected chi connectivity index (χ2v) is 7.30. The topological polar surface area (TPSA) is 76.1 Å². The van der Waals surface area contributed by atoms with Crippen LogP contribution in [-0.2, 0) is 0 Å². The van der Waals surface area contributed by atoms with Crippen molar-refractivity contribution in [2.75, 3.05) is 13.1 Å². The molecule has 0 spiro atoms. The van der Waals surface area contributed by atoms with Gasteiger partial charge in [-0.15, -0.1) is 0 Å². The standard InChI is InChI=1S/C19H19Cl3N4O/c1-11-17(19(27)24-9-8-23)25-26(16-7-6-14(21)10-15(16)22)18(11)12-2-4-13(20)5-3-12/h2-7,10,19,24,27H,8-9,23H2,1H3. The summed E-state index contributed by atoms with van der Waals surface area (Å²) in [5.41, 5.74) is 9.20. The van der Waals surface area contributed by atoms with Gasteiger partial charge in [-0.1, -0.05) is 46.9 Å². The van der Waals surface area contributed by atoms with Gasteiger partial charge in [-0.05, 0) is 37.3 Å². The van der Waals surface area contributed by atoms with Crippen LogP contribution in [-0.4, -0.2) is 28.0 Å². The molecule has 0 saturated heterocycles. The summed E-state index contributed by atoms with van der Waals surface area (Å²) in [6, 6.07) is 12.6. The van der Waals surface area contributed by atoms with Crippen molar-refractivity contribution < 1.29 is 5.11 Å². The number of rotatable bonds is 6. The van der Waals surface area contributed by atoms with Crippen molar-refractivity contribution >= 4 is 34.8 Å². The number of halogens is 3. The van der Waals surface area contributed by atoms with Crippen LogP contribution in [0.1, 0.15) is 17.5 Å². The van der Waals surface area contributed by atoms with E-state index in [0.717, 1.165) is 16.8 Å². The SMILES string of the molecule is Cc1c(C(O)NCCN)nn(-c2ccc(Cl)cc2Cl)c1-c1ccc(Cl)cc1. The minimum Gasteiger partial charge on any atom is -0.373 e. The zero-order valence-electron chi connectivity index (χ0n) is 14.6. The smallest absolute Gasteiger partial charge is 0.150 e. The third-order valence-corrected chi connectivity index (χ3v) is 4.95. The van der Waals surface area contributed by atoms with Gasteiger partial charge < -0.3 is 10.8 Å². The molecular weight excluding hydrogens is 407 g/mol. The second-order valence-electron chi connectivity index (χ2n) is 6.02. The molecule has 0 fully saturated rings. The fourth-order valence-electron chi connectivity index (χ4n) is 2.86. The van der Waals surface area contributed by atoms with E-state index in [4.69, 9.17) is 40.5 Å². The third kappa shape index (κ3) is 4.29. The predicted molar refractivity (Wildman–Crippen MR) is 111 cm³/mol. The number of nitrogens with two attached hydrogens (primary N) is 1. The van der Waals surface area contributed by atoms with Crippen molar-refractivity contribution in [3.63, 3.8) is 0 Å². The summed E-state index contributed by atoms with van der Waals surface area (Å²) in [6.45, 7) is 2.77. The molecule has 27 heavy (non-hydrogen) atoms. The van der Waals surface area contributed by atoms with Gasteiger partial charge in [0.05, 0.1) is 16.4 Å². The van der Waals surface area contributed by atoms with Gasteiger partial charge in [0.2, 0.25) is 0 Å². The summed E-state index contributed by atoms with van der Waals surface area (Å²) in [6.07, 6.45) is -0.952. The molecule has 1 aromatic heterocycles. The van der Waals surface area contributed by atoms with E-state index in [2.05, 4.69) is 10.4 Å². The van der Waals surface area contributed by atoms with Crippen LogP contribution in [0.4, 0.5) is 0 Å². The fourth-order valence-corrected chi connectivity index (χ4v) is 3.48. The highest BCUT2D eigenvalue weighted by atomic mass is 35.5. The van der Waals surface area contributed by atoms with Crippen LogP contribution in [0.5, 0.6) is 0 Å². The summed E-state index contributed by atoms with van der Waals surface area (Å²) in [5.74, 6) is 0. The lowest BCUT2D eigenvalue weighted by atomic mass is 10.1. The maximum Gasteiger partial charge on any atom is 0.150 e. The molecule has 3 rings (SSSR count). The van der Waals surface area contributed by atoms with E-state index in [-0.39, 0.29) is 0 Å². The Bertz CT molecular complexity index is 941. The predicted octanol–water partition coefficient (Wildman–Crippen LogP) is 4.35. The molecule has 3 aromatic rings. The lowest BCUT2D eigenvalue weighted by Gasteiger charge is -2.11. The van der Waals surface area contributed by atoms with E-state index in [1.54, 1.807) is 35.0 Å². The molecule has 2 aromatic carbocycles. The number of aliphatic hydroxyl groups is 1. The van der Waals surface area contributed by atoms with E-state index in [0.29, 0.717) is 39.5 Å². The van der Waals surface area contributed by atoms with E-state index in [1.807, 2.05) is 19.1 Å². The summed E-state index contributed by atoms with van der Waals surface area (Å²) >= 11 is 18.5. The summed E-state index contributed by atoms with van der Waals surface area (Å²) < 4.78 is 1.71. The molecule has 1 heterocycles. The lowest BCUT2D eigenvalue weighted by molar-refractivity contribution is 0.135. The van der Waals surface area contributed by atoms with Crippen LogP contribution in [0.15, 0.2) is 42.5 Å². The molecule has 0 aliphatic heterocycles.